The number of benzene rings is 1. The van der Waals surface area contributed by atoms with E-state index in [0.29, 0.717) is 0 Å². The topological polar surface area (TPSA) is 0 Å². The molecule has 0 aromatic heterocycles. The van der Waals surface area contributed by atoms with E-state index in [1.54, 1.807) is 5.57 Å². The molecule has 74 valence electrons. The molecule has 0 nitrogen and oxygen atoms in total. The maximum absolute atomic E-state index is 2.27. The van der Waals surface area contributed by atoms with Crippen LogP contribution in [0.1, 0.15) is 17.5 Å². The van der Waals surface area contributed by atoms with Crippen LogP contribution >= 0.6 is 0 Å². The molecule has 0 heterocycles. The van der Waals surface area contributed by atoms with Gasteiger partial charge in [-0.2, -0.15) is 0 Å². The molecule has 0 bridgehead atoms. The van der Waals surface area contributed by atoms with Crippen LogP contribution in [0.25, 0.3) is 0 Å². The van der Waals surface area contributed by atoms with Gasteiger partial charge in [0.15, 0.2) is 0 Å². The Balaban J connectivity index is 1.96. The van der Waals surface area contributed by atoms with Gasteiger partial charge in [0.1, 0.15) is 0 Å². The molecule has 0 amide bonds. The molecule has 0 saturated heterocycles. The van der Waals surface area contributed by atoms with Crippen LogP contribution in [0.5, 0.6) is 0 Å². The molecular formula is C15H14. The Morgan fingerprint density at radius 1 is 0.867 bits per heavy atom. The van der Waals surface area contributed by atoms with Crippen molar-refractivity contribution in [1.82, 2.24) is 0 Å². The lowest BCUT2D eigenvalue weighted by atomic mass is 9.99. The van der Waals surface area contributed by atoms with Crippen molar-refractivity contribution in [2.45, 2.75) is 19.3 Å². The highest BCUT2D eigenvalue weighted by molar-refractivity contribution is 5.46. The molecule has 0 unspecified atom stereocenters. The Kier molecular flexibility index (Phi) is 2.06. The van der Waals surface area contributed by atoms with Gasteiger partial charge in [0.05, 0.1) is 0 Å². The minimum absolute atomic E-state index is 1.11. The molecule has 2 aliphatic rings. The van der Waals surface area contributed by atoms with Gasteiger partial charge >= 0.3 is 0 Å². The highest BCUT2D eigenvalue weighted by atomic mass is 14.2. The second kappa shape index (κ2) is 3.54. The van der Waals surface area contributed by atoms with Gasteiger partial charge in [-0.05, 0) is 36.0 Å². The lowest BCUT2D eigenvalue weighted by Crippen LogP contribution is -1.90. The van der Waals surface area contributed by atoms with Gasteiger partial charge in [-0.3, -0.25) is 0 Å². The molecule has 15 heavy (non-hydrogen) atoms. The average molecular weight is 194 g/mol. The van der Waals surface area contributed by atoms with Crippen LogP contribution in [0.15, 0.2) is 59.7 Å². The van der Waals surface area contributed by atoms with Crippen LogP contribution < -0.4 is 0 Å². The standard InChI is InChI=1S/C15H14/c1-2-6-12(7-3-1)15-10-13-8-4-5-9-14(13)11-15/h1-6,8-9H,7,10-11H2. The van der Waals surface area contributed by atoms with Gasteiger partial charge in [0.2, 0.25) is 0 Å². The maximum Gasteiger partial charge on any atom is -0.00550 e. The Bertz CT molecular complexity index is 446. The van der Waals surface area contributed by atoms with Gasteiger partial charge < -0.3 is 0 Å². The SMILES string of the molecule is C1=CCC(=C2Cc3ccccc3C2)C=C1. The van der Waals surface area contributed by atoms with E-state index in [2.05, 4.69) is 48.6 Å². The maximum atomic E-state index is 2.27. The lowest BCUT2D eigenvalue weighted by molar-refractivity contribution is 1.08. The van der Waals surface area contributed by atoms with E-state index in [4.69, 9.17) is 0 Å². The van der Waals surface area contributed by atoms with Gasteiger partial charge in [-0.25, -0.2) is 0 Å². The number of hydrogen-bond acceptors (Lipinski definition) is 0. The fraction of sp³-hybridized carbons (Fsp3) is 0.200. The van der Waals surface area contributed by atoms with Gasteiger partial charge in [-0.15, -0.1) is 0 Å². The molecule has 2 aliphatic carbocycles. The van der Waals surface area contributed by atoms with E-state index in [1.165, 1.54) is 16.7 Å². The van der Waals surface area contributed by atoms with Crippen molar-refractivity contribution < 1.29 is 0 Å². The van der Waals surface area contributed by atoms with Crippen LogP contribution in [0.2, 0.25) is 0 Å². The number of rotatable bonds is 0. The fourth-order valence-electron chi connectivity index (χ4n) is 2.43. The van der Waals surface area contributed by atoms with E-state index in [9.17, 15) is 0 Å². The summed E-state index contributed by atoms with van der Waals surface area (Å²) in [5.41, 5.74) is 6.16. The highest BCUT2D eigenvalue weighted by Crippen LogP contribution is 2.30. The van der Waals surface area contributed by atoms with E-state index in [-0.39, 0.29) is 0 Å². The van der Waals surface area contributed by atoms with Crippen molar-refractivity contribution in [2.75, 3.05) is 0 Å². The monoisotopic (exact) mass is 194 g/mol. The van der Waals surface area contributed by atoms with E-state index in [1.807, 2.05) is 0 Å². The van der Waals surface area contributed by atoms with Gasteiger partial charge in [-0.1, -0.05) is 54.1 Å². The highest BCUT2D eigenvalue weighted by Gasteiger charge is 2.16. The third-order valence-corrected chi connectivity index (χ3v) is 3.26. The summed E-state index contributed by atoms with van der Waals surface area (Å²) < 4.78 is 0. The summed E-state index contributed by atoms with van der Waals surface area (Å²) in [6.07, 6.45) is 12.2. The number of fused-ring (bicyclic) bond motifs is 1. The van der Waals surface area contributed by atoms with Gasteiger partial charge in [0, 0.05) is 0 Å². The third kappa shape index (κ3) is 1.56. The zero-order chi connectivity index (χ0) is 10.1. The zero-order valence-electron chi connectivity index (χ0n) is 8.74. The third-order valence-electron chi connectivity index (χ3n) is 3.26. The largest absolute Gasteiger partial charge is 0.0801 e. The molecule has 0 radical (unpaired) electrons. The van der Waals surface area contributed by atoms with Crippen LogP contribution in [-0.2, 0) is 12.8 Å². The first kappa shape index (κ1) is 8.72. The molecule has 0 N–H and O–H groups in total. The molecule has 0 saturated carbocycles. The molecular weight excluding hydrogens is 180 g/mol. The summed E-state index contributed by atoms with van der Waals surface area (Å²) in [5, 5.41) is 0. The predicted molar refractivity (Wildman–Crippen MR) is 63.8 cm³/mol. The van der Waals surface area contributed by atoms with E-state index < -0.39 is 0 Å². The first-order chi connectivity index (χ1) is 7.43. The van der Waals surface area contributed by atoms with Crippen molar-refractivity contribution >= 4 is 0 Å². The summed E-state index contributed by atoms with van der Waals surface area (Å²) in [6, 6.07) is 8.79. The lowest BCUT2D eigenvalue weighted by Gasteiger charge is -2.06. The fourth-order valence-corrected chi connectivity index (χ4v) is 2.43. The van der Waals surface area contributed by atoms with E-state index >= 15 is 0 Å². The molecule has 1 aromatic rings. The Morgan fingerprint density at radius 2 is 1.60 bits per heavy atom. The van der Waals surface area contributed by atoms with Crippen molar-refractivity contribution in [3.63, 3.8) is 0 Å². The minimum atomic E-state index is 1.11. The quantitative estimate of drug-likeness (QED) is 0.592. The summed E-state index contributed by atoms with van der Waals surface area (Å²) in [7, 11) is 0. The van der Waals surface area contributed by atoms with Crippen LogP contribution in [0.4, 0.5) is 0 Å². The van der Waals surface area contributed by atoms with Crippen molar-refractivity contribution in [2.24, 2.45) is 0 Å². The summed E-state index contributed by atoms with van der Waals surface area (Å²) >= 11 is 0. The molecule has 0 fully saturated rings. The predicted octanol–water partition coefficient (Wildman–Crippen LogP) is 3.60. The van der Waals surface area contributed by atoms with Gasteiger partial charge in [0.25, 0.3) is 0 Å². The number of hydrogen-bond donors (Lipinski definition) is 0. The van der Waals surface area contributed by atoms with Crippen molar-refractivity contribution in [3.05, 3.63) is 70.8 Å². The molecule has 0 atom stereocenters. The smallest absolute Gasteiger partial charge is 0.00550 e. The summed E-state index contributed by atoms with van der Waals surface area (Å²) in [6.45, 7) is 0. The Labute approximate surface area is 90.6 Å². The van der Waals surface area contributed by atoms with Crippen molar-refractivity contribution in [3.8, 4) is 0 Å². The Hall–Kier alpha value is -1.56. The minimum Gasteiger partial charge on any atom is -0.0801 e. The van der Waals surface area contributed by atoms with Crippen molar-refractivity contribution in [1.29, 1.82) is 0 Å². The first-order valence-corrected chi connectivity index (χ1v) is 5.54. The summed E-state index contributed by atoms with van der Waals surface area (Å²) in [4.78, 5) is 0. The first-order valence-electron chi connectivity index (χ1n) is 5.54. The molecule has 3 rings (SSSR count). The second-order valence-electron chi connectivity index (χ2n) is 4.24. The molecule has 0 spiro atoms. The molecule has 0 heteroatoms. The normalized spacial score (nSPS) is 18.4. The van der Waals surface area contributed by atoms with Crippen LogP contribution in [0.3, 0.4) is 0 Å². The van der Waals surface area contributed by atoms with E-state index in [0.717, 1.165) is 19.3 Å². The second-order valence-corrected chi connectivity index (χ2v) is 4.24. The molecule has 1 aromatic carbocycles. The Morgan fingerprint density at radius 3 is 2.20 bits per heavy atom. The average Bonchev–Trinajstić information content (AvgIpc) is 2.74. The summed E-state index contributed by atoms with van der Waals surface area (Å²) in [5.74, 6) is 0. The zero-order valence-corrected chi connectivity index (χ0v) is 8.74. The molecule has 0 aliphatic heterocycles. The van der Waals surface area contributed by atoms with Crippen LogP contribution in [0, 0.1) is 0 Å². The number of allylic oxidation sites excluding steroid dienone is 6. The van der Waals surface area contributed by atoms with Crippen LogP contribution in [-0.4, -0.2) is 0 Å².